The van der Waals surface area contributed by atoms with E-state index in [1.807, 2.05) is 32.9 Å². The first-order valence-corrected chi connectivity index (χ1v) is 6.92. The van der Waals surface area contributed by atoms with Crippen LogP contribution in [0, 0.1) is 5.41 Å². The minimum atomic E-state index is -0.512. The number of hydrogen-bond donors (Lipinski definition) is 2. The Morgan fingerprint density at radius 3 is 2.21 bits per heavy atom. The van der Waals surface area contributed by atoms with Gasteiger partial charge in [0, 0.05) is 5.69 Å². The first-order valence-electron chi connectivity index (χ1n) is 6.92. The molecule has 1 unspecified atom stereocenters. The van der Waals surface area contributed by atoms with Crippen LogP contribution in [-0.4, -0.2) is 11.9 Å². The molecule has 3 heteroatoms. The molecule has 0 aliphatic heterocycles. The van der Waals surface area contributed by atoms with E-state index in [1.165, 1.54) is 5.56 Å². The number of amides is 1. The van der Waals surface area contributed by atoms with Crippen LogP contribution in [0.2, 0.25) is 0 Å². The summed E-state index contributed by atoms with van der Waals surface area (Å²) in [5.74, 6) is 0.408. The van der Waals surface area contributed by atoms with Crippen LogP contribution in [0.15, 0.2) is 24.3 Å². The zero-order valence-corrected chi connectivity index (χ0v) is 12.7. The summed E-state index contributed by atoms with van der Waals surface area (Å²) in [7, 11) is 0. The first-order chi connectivity index (χ1) is 8.75. The molecule has 0 saturated heterocycles. The minimum absolute atomic E-state index is 0.135. The van der Waals surface area contributed by atoms with Crippen molar-refractivity contribution in [1.82, 2.24) is 0 Å². The topological polar surface area (TPSA) is 55.1 Å². The molecule has 1 aromatic rings. The lowest BCUT2D eigenvalue weighted by Crippen LogP contribution is -2.45. The number of benzene rings is 1. The van der Waals surface area contributed by atoms with Crippen molar-refractivity contribution >= 4 is 11.6 Å². The predicted molar refractivity (Wildman–Crippen MR) is 81.2 cm³/mol. The van der Waals surface area contributed by atoms with E-state index in [0.29, 0.717) is 5.92 Å². The van der Waals surface area contributed by atoms with Crippen molar-refractivity contribution in [2.45, 2.75) is 53.0 Å². The third-order valence-electron chi connectivity index (χ3n) is 3.58. The number of carbonyl (C=O) groups is 1. The van der Waals surface area contributed by atoms with Gasteiger partial charge in [-0.3, -0.25) is 4.79 Å². The van der Waals surface area contributed by atoms with Crippen molar-refractivity contribution in [1.29, 1.82) is 0 Å². The minimum Gasteiger partial charge on any atom is -0.325 e. The van der Waals surface area contributed by atoms with Gasteiger partial charge in [-0.2, -0.15) is 0 Å². The maximum absolute atomic E-state index is 12.0. The maximum Gasteiger partial charge on any atom is 0.241 e. The molecule has 0 bridgehead atoms. The molecule has 0 saturated carbocycles. The molecule has 0 aliphatic rings. The number of anilines is 1. The normalized spacial score (nSPS) is 14.8. The SMILES string of the molecule is CCC(C)c1ccc(NC(=O)[C@H](N)C(C)(C)C)cc1. The standard InChI is InChI=1S/C16H26N2O/c1-6-11(2)12-7-9-13(10-8-12)18-15(19)14(17)16(3,4)5/h7-11,14H,6,17H2,1-5H3,(H,18,19)/t11?,14-/m0/s1. The molecular formula is C16H26N2O. The van der Waals surface area contributed by atoms with E-state index in [1.54, 1.807) is 0 Å². The summed E-state index contributed by atoms with van der Waals surface area (Å²) in [4.78, 5) is 12.0. The van der Waals surface area contributed by atoms with E-state index in [-0.39, 0.29) is 11.3 Å². The van der Waals surface area contributed by atoms with Gasteiger partial charge in [-0.25, -0.2) is 0 Å². The van der Waals surface area contributed by atoms with E-state index in [4.69, 9.17) is 5.73 Å². The van der Waals surface area contributed by atoms with E-state index < -0.39 is 6.04 Å². The molecule has 0 radical (unpaired) electrons. The van der Waals surface area contributed by atoms with Crippen LogP contribution in [0.1, 0.15) is 52.5 Å². The molecule has 0 aliphatic carbocycles. The molecule has 1 rings (SSSR count). The highest BCUT2D eigenvalue weighted by Crippen LogP contribution is 2.22. The molecule has 1 aromatic carbocycles. The zero-order valence-electron chi connectivity index (χ0n) is 12.7. The fourth-order valence-electron chi connectivity index (χ4n) is 1.74. The zero-order chi connectivity index (χ0) is 14.6. The Balaban J connectivity index is 2.71. The number of nitrogens with one attached hydrogen (secondary N) is 1. The summed E-state index contributed by atoms with van der Waals surface area (Å²) in [6, 6.07) is 7.49. The summed E-state index contributed by atoms with van der Waals surface area (Å²) in [6.07, 6.45) is 1.11. The van der Waals surface area contributed by atoms with Gasteiger partial charge in [0.05, 0.1) is 6.04 Å². The molecule has 1 amide bonds. The summed E-state index contributed by atoms with van der Waals surface area (Å²) in [5.41, 5.74) is 7.79. The predicted octanol–water partition coefficient (Wildman–Crippen LogP) is 3.51. The lowest BCUT2D eigenvalue weighted by molar-refractivity contribution is -0.119. The lowest BCUT2D eigenvalue weighted by Gasteiger charge is -2.25. The van der Waals surface area contributed by atoms with Crippen LogP contribution in [0.5, 0.6) is 0 Å². The Labute approximate surface area is 116 Å². The highest BCUT2D eigenvalue weighted by molar-refractivity contribution is 5.95. The van der Waals surface area contributed by atoms with Crippen LogP contribution in [-0.2, 0) is 4.79 Å². The number of carbonyl (C=O) groups excluding carboxylic acids is 1. The fraction of sp³-hybridized carbons (Fsp3) is 0.562. The quantitative estimate of drug-likeness (QED) is 0.872. The van der Waals surface area contributed by atoms with E-state index >= 15 is 0 Å². The van der Waals surface area contributed by atoms with Crippen molar-refractivity contribution in [2.24, 2.45) is 11.1 Å². The van der Waals surface area contributed by atoms with Gasteiger partial charge in [0.25, 0.3) is 0 Å². The average Bonchev–Trinajstić information content (AvgIpc) is 2.36. The fourth-order valence-corrected chi connectivity index (χ4v) is 1.74. The molecule has 2 atom stereocenters. The van der Waals surface area contributed by atoms with Crippen LogP contribution in [0.4, 0.5) is 5.69 Å². The Morgan fingerprint density at radius 2 is 1.79 bits per heavy atom. The Hall–Kier alpha value is -1.35. The van der Waals surface area contributed by atoms with Crippen molar-refractivity contribution in [2.75, 3.05) is 5.32 Å². The first kappa shape index (κ1) is 15.7. The smallest absolute Gasteiger partial charge is 0.241 e. The Kier molecular flexibility index (Phi) is 5.12. The van der Waals surface area contributed by atoms with E-state index in [2.05, 4.69) is 31.3 Å². The van der Waals surface area contributed by atoms with Gasteiger partial charge in [-0.05, 0) is 35.4 Å². The van der Waals surface area contributed by atoms with Gasteiger partial charge in [-0.1, -0.05) is 46.8 Å². The van der Waals surface area contributed by atoms with Crippen LogP contribution >= 0.6 is 0 Å². The number of nitrogens with two attached hydrogens (primary N) is 1. The van der Waals surface area contributed by atoms with E-state index in [0.717, 1.165) is 12.1 Å². The van der Waals surface area contributed by atoms with Gasteiger partial charge in [0.1, 0.15) is 0 Å². The molecule has 0 aromatic heterocycles. The van der Waals surface area contributed by atoms with Gasteiger partial charge >= 0.3 is 0 Å². The number of hydrogen-bond acceptors (Lipinski definition) is 2. The van der Waals surface area contributed by atoms with Gasteiger partial charge in [0.2, 0.25) is 5.91 Å². The average molecular weight is 262 g/mol. The second-order valence-corrected chi connectivity index (χ2v) is 6.26. The number of rotatable bonds is 4. The molecule has 3 N–H and O–H groups in total. The van der Waals surface area contributed by atoms with Gasteiger partial charge in [-0.15, -0.1) is 0 Å². The molecular weight excluding hydrogens is 236 g/mol. The largest absolute Gasteiger partial charge is 0.325 e. The Bertz CT molecular complexity index is 417. The molecule has 0 spiro atoms. The third-order valence-corrected chi connectivity index (χ3v) is 3.58. The lowest BCUT2D eigenvalue weighted by atomic mass is 9.87. The monoisotopic (exact) mass is 262 g/mol. The highest BCUT2D eigenvalue weighted by Gasteiger charge is 2.27. The maximum atomic E-state index is 12.0. The van der Waals surface area contributed by atoms with Crippen LogP contribution in [0.25, 0.3) is 0 Å². The summed E-state index contributed by atoms with van der Waals surface area (Å²) in [6.45, 7) is 10.3. The van der Waals surface area contributed by atoms with Crippen molar-refractivity contribution in [3.63, 3.8) is 0 Å². The van der Waals surface area contributed by atoms with E-state index in [9.17, 15) is 4.79 Å². The second-order valence-electron chi connectivity index (χ2n) is 6.26. The van der Waals surface area contributed by atoms with Gasteiger partial charge in [0.15, 0.2) is 0 Å². The van der Waals surface area contributed by atoms with Crippen LogP contribution in [0.3, 0.4) is 0 Å². The highest BCUT2D eigenvalue weighted by atomic mass is 16.2. The van der Waals surface area contributed by atoms with Crippen molar-refractivity contribution < 1.29 is 4.79 Å². The molecule has 0 fully saturated rings. The third kappa shape index (κ3) is 4.35. The van der Waals surface area contributed by atoms with Crippen molar-refractivity contribution in [3.05, 3.63) is 29.8 Å². The molecule has 106 valence electrons. The Morgan fingerprint density at radius 1 is 1.26 bits per heavy atom. The molecule has 0 heterocycles. The summed E-state index contributed by atoms with van der Waals surface area (Å²) < 4.78 is 0. The second kappa shape index (κ2) is 6.20. The molecule has 3 nitrogen and oxygen atoms in total. The van der Waals surface area contributed by atoms with Gasteiger partial charge < -0.3 is 11.1 Å². The molecule has 19 heavy (non-hydrogen) atoms. The summed E-state index contributed by atoms with van der Waals surface area (Å²) >= 11 is 0. The van der Waals surface area contributed by atoms with Crippen molar-refractivity contribution in [3.8, 4) is 0 Å². The summed E-state index contributed by atoms with van der Waals surface area (Å²) in [5, 5.41) is 2.87. The van der Waals surface area contributed by atoms with Crippen LogP contribution < -0.4 is 11.1 Å².